The number of phosphoric ester groups is 1. The van der Waals surface area contributed by atoms with Gasteiger partial charge in [-0.1, -0.05) is 165 Å². The second-order valence-electron chi connectivity index (χ2n) is 15.1. The van der Waals surface area contributed by atoms with Gasteiger partial charge in [-0.25, -0.2) is 4.57 Å². The number of carboxylic acid groups (broad SMARTS) is 1. The number of hydrogen-bond acceptors (Lipinski definition) is 9. The molecule has 336 valence electrons. The number of nitrogens with one attached hydrogen (secondary N) is 1. The second kappa shape index (κ2) is 41.2. The van der Waals surface area contributed by atoms with Crippen LogP contribution in [-0.4, -0.2) is 66.4 Å². The zero-order valence-corrected chi connectivity index (χ0v) is 37.5. The molecule has 0 saturated heterocycles. The third-order valence-corrected chi connectivity index (χ3v) is 10.5. The van der Waals surface area contributed by atoms with E-state index in [4.69, 9.17) is 23.6 Å². The molecule has 11 nitrogen and oxygen atoms in total. The minimum atomic E-state index is -4.56. The maximum absolute atomic E-state index is 12.7. The van der Waals surface area contributed by atoms with Crippen molar-refractivity contribution in [3.63, 3.8) is 0 Å². The Hall–Kier alpha value is -2.56. The summed E-state index contributed by atoms with van der Waals surface area (Å²) < 4.78 is 33.3. The summed E-state index contributed by atoms with van der Waals surface area (Å²) in [5.41, 5.74) is 0. The Morgan fingerprint density at radius 1 is 0.586 bits per heavy atom. The van der Waals surface area contributed by atoms with Gasteiger partial charge in [0, 0.05) is 19.4 Å². The first-order valence-corrected chi connectivity index (χ1v) is 24.1. The highest BCUT2D eigenvalue weighted by atomic mass is 31.2. The number of aliphatic carboxylic acids is 1. The number of esters is 2. The molecule has 0 fully saturated rings. The van der Waals surface area contributed by atoms with Gasteiger partial charge in [-0.05, 0) is 58.3 Å². The highest BCUT2D eigenvalue weighted by Gasteiger charge is 2.26. The Kier molecular flexibility index (Phi) is 39.4. The van der Waals surface area contributed by atoms with Crippen molar-refractivity contribution in [2.24, 2.45) is 0 Å². The van der Waals surface area contributed by atoms with Crippen molar-refractivity contribution in [2.75, 3.05) is 26.4 Å². The fraction of sp³-hybridized carbons (Fsp3) is 0.761. The van der Waals surface area contributed by atoms with Crippen LogP contribution in [0.5, 0.6) is 0 Å². The van der Waals surface area contributed by atoms with E-state index < -0.39 is 44.5 Å². The van der Waals surface area contributed by atoms with Gasteiger partial charge in [-0.3, -0.25) is 23.4 Å². The van der Waals surface area contributed by atoms with Gasteiger partial charge in [0.1, 0.15) is 12.6 Å². The molecule has 0 aromatic heterocycles. The molecule has 0 aliphatic rings. The molecule has 12 heteroatoms. The number of ether oxygens (including phenoxy) is 2. The van der Waals surface area contributed by atoms with Crippen molar-refractivity contribution in [1.29, 1.82) is 0 Å². The van der Waals surface area contributed by atoms with Gasteiger partial charge in [-0.2, -0.15) is 0 Å². The SMILES string of the molecule is CCCCC/C=C\C/C=C\C/C=C\C/C=C\CCCC(=O)O[C@H](COC(=O)CCCCCCCCCCCCCCCCC)COP(=O)(O)OCCNC(C)C(=O)O. The predicted molar refractivity (Wildman–Crippen MR) is 236 cm³/mol. The molecule has 0 saturated carbocycles. The molecular formula is C46H82NO10P. The molecule has 3 atom stereocenters. The van der Waals surface area contributed by atoms with Crippen molar-refractivity contribution in [3.05, 3.63) is 48.6 Å². The molecule has 3 N–H and O–H groups in total. The third kappa shape index (κ3) is 40.2. The lowest BCUT2D eigenvalue weighted by molar-refractivity contribution is -0.161. The van der Waals surface area contributed by atoms with Crippen molar-refractivity contribution in [3.8, 4) is 0 Å². The highest BCUT2D eigenvalue weighted by molar-refractivity contribution is 7.47. The number of unbranched alkanes of at least 4 members (excludes halogenated alkanes) is 18. The standard InChI is InChI=1S/C46H82NO10P/c1-4-6-8-10-12-14-16-18-20-21-23-25-27-29-31-33-35-37-45(49)57-43(41-56-58(52,53)55-39-38-47-42(3)46(50)51)40-54-44(48)36-34-32-30-28-26-24-22-19-17-15-13-11-9-7-5-2/h12,14,18,20,23,25,29,31,42-43,47H,4-11,13,15-17,19,21-22,24,26-28,30,32-41H2,1-3H3,(H,50,51)(H,52,53)/b14-12-,20-18-,25-23-,31-29-/t42?,43-/m1/s1. The van der Waals surface area contributed by atoms with Gasteiger partial charge in [0.15, 0.2) is 6.10 Å². The summed E-state index contributed by atoms with van der Waals surface area (Å²) in [6.45, 7) is 4.76. The first-order valence-electron chi connectivity index (χ1n) is 22.6. The predicted octanol–water partition coefficient (Wildman–Crippen LogP) is 12.0. The van der Waals surface area contributed by atoms with Gasteiger partial charge in [0.25, 0.3) is 0 Å². The fourth-order valence-corrected chi connectivity index (χ4v) is 6.67. The number of carboxylic acids is 1. The summed E-state index contributed by atoms with van der Waals surface area (Å²) in [6, 6.07) is -0.863. The van der Waals surface area contributed by atoms with Crippen molar-refractivity contribution in [2.45, 2.75) is 200 Å². The Morgan fingerprint density at radius 2 is 1.03 bits per heavy atom. The lowest BCUT2D eigenvalue weighted by Gasteiger charge is -2.20. The first kappa shape index (κ1) is 55.4. The Morgan fingerprint density at radius 3 is 1.55 bits per heavy atom. The average molecular weight is 840 g/mol. The molecule has 0 aliphatic heterocycles. The normalized spacial score (nSPS) is 14.1. The number of phosphoric acid groups is 1. The number of carbonyl (C=O) groups excluding carboxylic acids is 2. The molecule has 58 heavy (non-hydrogen) atoms. The van der Waals surface area contributed by atoms with E-state index in [0.717, 1.165) is 44.9 Å². The lowest BCUT2D eigenvalue weighted by atomic mass is 10.0. The molecule has 0 heterocycles. The summed E-state index contributed by atoms with van der Waals surface area (Å²) in [6.07, 6.45) is 43.6. The van der Waals surface area contributed by atoms with Crippen LogP contribution in [0.2, 0.25) is 0 Å². The molecule has 0 aliphatic carbocycles. The molecule has 0 amide bonds. The third-order valence-electron chi connectivity index (χ3n) is 9.52. The molecular weight excluding hydrogens is 757 g/mol. The second-order valence-corrected chi connectivity index (χ2v) is 16.5. The van der Waals surface area contributed by atoms with Gasteiger partial charge in [0.05, 0.1) is 13.2 Å². The molecule has 0 radical (unpaired) electrons. The average Bonchev–Trinajstić information content (AvgIpc) is 3.20. The van der Waals surface area contributed by atoms with Crippen LogP contribution in [0.15, 0.2) is 48.6 Å². The van der Waals surface area contributed by atoms with Crippen LogP contribution in [0.4, 0.5) is 0 Å². The van der Waals surface area contributed by atoms with E-state index >= 15 is 0 Å². The van der Waals surface area contributed by atoms with Gasteiger partial charge >= 0.3 is 25.7 Å². The quantitative estimate of drug-likeness (QED) is 0.0232. The van der Waals surface area contributed by atoms with Crippen LogP contribution >= 0.6 is 7.82 Å². The van der Waals surface area contributed by atoms with Gasteiger partial charge in [0.2, 0.25) is 0 Å². The van der Waals surface area contributed by atoms with Crippen molar-refractivity contribution < 1.29 is 47.5 Å². The molecule has 0 aromatic rings. The topological polar surface area (TPSA) is 158 Å². The molecule has 0 rings (SSSR count). The zero-order chi connectivity index (χ0) is 42.8. The number of rotatable bonds is 42. The highest BCUT2D eigenvalue weighted by Crippen LogP contribution is 2.43. The first-order chi connectivity index (χ1) is 28.1. The zero-order valence-electron chi connectivity index (χ0n) is 36.6. The number of hydrogen-bond donors (Lipinski definition) is 3. The Labute approximate surface area is 352 Å². The van der Waals surface area contributed by atoms with E-state index in [1.165, 1.54) is 96.8 Å². The van der Waals surface area contributed by atoms with E-state index in [1.54, 1.807) is 0 Å². The van der Waals surface area contributed by atoms with E-state index in [9.17, 15) is 23.8 Å². The maximum Gasteiger partial charge on any atom is 0.472 e. The fourth-order valence-electron chi connectivity index (χ4n) is 5.92. The van der Waals surface area contributed by atoms with Crippen LogP contribution in [0, 0.1) is 0 Å². The molecule has 0 spiro atoms. The Bertz CT molecular complexity index is 1170. The summed E-state index contributed by atoms with van der Waals surface area (Å²) in [4.78, 5) is 46.2. The largest absolute Gasteiger partial charge is 0.480 e. The minimum absolute atomic E-state index is 0.00382. The minimum Gasteiger partial charge on any atom is -0.480 e. The van der Waals surface area contributed by atoms with Crippen LogP contribution in [0.25, 0.3) is 0 Å². The summed E-state index contributed by atoms with van der Waals surface area (Å²) in [5, 5.41) is 11.6. The molecule has 2 unspecified atom stereocenters. The van der Waals surface area contributed by atoms with E-state index in [1.807, 2.05) is 6.08 Å². The van der Waals surface area contributed by atoms with Crippen molar-refractivity contribution >= 4 is 25.7 Å². The number of allylic oxidation sites excluding steroid dienone is 8. The Balaban J connectivity index is 4.52. The monoisotopic (exact) mass is 840 g/mol. The van der Waals surface area contributed by atoms with E-state index in [0.29, 0.717) is 19.3 Å². The van der Waals surface area contributed by atoms with Crippen LogP contribution in [0.3, 0.4) is 0 Å². The summed E-state index contributed by atoms with van der Waals surface area (Å²) >= 11 is 0. The number of carbonyl (C=O) groups is 3. The van der Waals surface area contributed by atoms with E-state index in [-0.39, 0.29) is 32.6 Å². The van der Waals surface area contributed by atoms with Crippen LogP contribution in [0.1, 0.15) is 188 Å². The smallest absolute Gasteiger partial charge is 0.472 e. The summed E-state index contributed by atoms with van der Waals surface area (Å²) in [5.74, 6) is -2.04. The van der Waals surface area contributed by atoms with Crippen LogP contribution in [-0.2, 0) is 37.5 Å². The maximum atomic E-state index is 12.7. The van der Waals surface area contributed by atoms with Gasteiger partial charge < -0.3 is 24.8 Å². The van der Waals surface area contributed by atoms with Crippen LogP contribution < -0.4 is 5.32 Å². The lowest BCUT2D eigenvalue weighted by Crippen LogP contribution is -2.35. The van der Waals surface area contributed by atoms with Gasteiger partial charge in [-0.15, -0.1) is 0 Å². The molecule has 0 aromatic carbocycles. The van der Waals surface area contributed by atoms with Crippen molar-refractivity contribution in [1.82, 2.24) is 5.32 Å². The molecule has 0 bridgehead atoms. The summed E-state index contributed by atoms with van der Waals surface area (Å²) in [7, 11) is -4.56. The van der Waals surface area contributed by atoms with E-state index in [2.05, 4.69) is 61.7 Å².